The van der Waals surface area contributed by atoms with E-state index in [1.165, 1.54) is 23.9 Å². The van der Waals surface area contributed by atoms with E-state index in [4.69, 9.17) is 0 Å². The van der Waals surface area contributed by atoms with E-state index < -0.39 is 0 Å². The third-order valence-electron chi connectivity index (χ3n) is 4.29. The number of hydrogen-bond donors (Lipinski definition) is 0. The van der Waals surface area contributed by atoms with Crippen molar-refractivity contribution >= 4 is 17.5 Å². The predicted molar refractivity (Wildman–Crippen MR) is 101 cm³/mol. The van der Waals surface area contributed by atoms with Crippen LogP contribution >= 0.6 is 11.8 Å². The number of halogens is 1. The van der Waals surface area contributed by atoms with Crippen molar-refractivity contribution in [1.82, 2.24) is 14.5 Å². The van der Waals surface area contributed by atoms with Crippen LogP contribution in [0.3, 0.4) is 0 Å². The van der Waals surface area contributed by atoms with Crippen LogP contribution in [-0.4, -0.2) is 26.1 Å². The highest BCUT2D eigenvalue weighted by molar-refractivity contribution is 7.99. The fourth-order valence-electron chi connectivity index (χ4n) is 2.89. The van der Waals surface area contributed by atoms with Crippen LogP contribution in [0, 0.1) is 19.7 Å². The van der Waals surface area contributed by atoms with Crippen molar-refractivity contribution < 1.29 is 9.18 Å². The average Bonchev–Trinajstić information content (AvgIpc) is 2.94. The van der Waals surface area contributed by atoms with Crippen LogP contribution < -0.4 is 0 Å². The number of hydrogen-bond acceptors (Lipinski definition) is 4. The maximum Gasteiger partial charge on any atom is 0.187 e. The van der Waals surface area contributed by atoms with Gasteiger partial charge in [0.25, 0.3) is 0 Å². The Labute approximate surface area is 156 Å². The molecule has 0 fully saturated rings. The molecule has 0 aliphatic rings. The summed E-state index contributed by atoms with van der Waals surface area (Å²) in [6, 6.07) is 10.2. The third-order valence-corrected chi connectivity index (χ3v) is 5.16. The Morgan fingerprint density at radius 3 is 2.54 bits per heavy atom. The van der Waals surface area contributed by atoms with Gasteiger partial charge in [-0.3, -0.25) is 4.79 Å². The van der Waals surface area contributed by atoms with Crippen LogP contribution in [-0.2, 0) is 13.0 Å². The second kappa shape index (κ2) is 8.27. The minimum Gasteiger partial charge on any atom is -0.348 e. The van der Waals surface area contributed by atoms with Gasteiger partial charge in [0.1, 0.15) is 5.82 Å². The smallest absolute Gasteiger partial charge is 0.187 e. The molecule has 0 N–H and O–H groups in total. The molecular formula is C20H20FN3OS. The van der Waals surface area contributed by atoms with E-state index in [-0.39, 0.29) is 11.6 Å². The summed E-state index contributed by atoms with van der Waals surface area (Å²) in [6.07, 6.45) is 4.12. The highest BCUT2D eigenvalue weighted by Crippen LogP contribution is 2.20. The average molecular weight is 369 g/mol. The van der Waals surface area contributed by atoms with Crippen molar-refractivity contribution in [3.8, 4) is 0 Å². The molecule has 3 rings (SSSR count). The Kier molecular flexibility index (Phi) is 5.83. The summed E-state index contributed by atoms with van der Waals surface area (Å²) in [7, 11) is 0. The zero-order chi connectivity index (χ0) is 18.5. The van der Waals surface area contributed by atoms with Crippen molar-refractivity contribution in [1.29, 1.82) is 0 Å². The first kappa shape index (κ1) is 18.3. The maximum atomic E-state index is 13.0. The molecule has 2 heterocycles. The Bertz CT molecular complexity index is 891. The molecule has 0 radical (unpaired) electrons. The molecule has 134 valence electrons. The van der Waals surface area contributed by atoms with Crippen LogP contribution in [0.15, 0.2) is 53.9 Å². The van der Waals surface area contributed by atoms with Crippen LogP contribution in [0.25, 0.3) is 0 Å². The Morgan fingerprint density at radius 1 is 1.15 bits per heavy atom. The van der Waals surface area contributed by atoms with Gasteiger partial charge in [-0.2, -0.15) is 0 Å². The molecule has 0 spiro atoms. The molecule has 0 atom stereocenters. The number of benzene rings is 1. The summed E-state index contributed by atoms with van der Waals surface area (Å²) in [6.45, 7) is 4.72. The largest absolute Gasteiger partial charge is 0.348 e. The third kappa shape index (κ3) is 4.38. The van der Waals surface area contributed by atoms with E-state index >= 15 is 0 Å². The van der Waals surface area contributed by atoms with Gasteiger partial charge in [0.05, 0.1) is 5.75 Å². The standard InChI is InChI=1S/C20H20FN3OS/c1-14-12-18(19(25)13-26-20-22-9-3-10-23-20)15(2)24(14)11-8-16-4-6-17(21)7-5-16/h3-7,9-10,12H,8,11,13H2,1-2H3. The van der Waals surface area contributed by atoms with Gasteiger partial charge >= 0.3 is 0 Å². The molecule has 0 aliphatic heterocycles. The van der Waals surface area contributed by atoms with Gasteiger partial charge in [-0.05, 0) is 50.1 Å². The molecule has 26 heavy (non-hydrogen) atoms. The molecule has 0 saturated heterocycles. The van der Waals surface area contributed by atoms with E-state index in [0.29, 0.717) is 10.9 Å². The van der Waals surface area contributed by atoms with Gasteiger partial charge < -0.3 is 4.57 Å². The first-order valence-corrected chi connectivity index (χ1v) is 9.37. The first-order chi connectivity index (χ1) is 12.5. The van der Waals surface area contributed by atoms with Crippen molar-refractivity contribution in [3.05, 3.63) is 77.1 Å². The minimum atomic E-state index is -0.227. The molecular weight excluding hydrogens is 349 g/mol. The Balaban J connectivity index is 1.66. The summed E-state index contributed by atoms with van der Waals surface area (Å²) in [4.78, 5) is 20.8. The van der Waals surface area contributed by atoms with Crippen molar-refractivity contribution in [2.24, 2.45) is 0 Å². The van der Waals surface area contributed by atoms with Gasteiger partial charge in [0, 0.05) is 35.9 Å². The second-order valence-corrected chi connectivity index (χ2v) is 7.00. The van der Waals surface area contributed by atoms with Gasteiger partial charge in [-0.1, -0.05) is 23.9 Å². The normalized spacial score (nSPS) is 10.9. The van der Waals surface area contributed by atoms with Gasteiger partial charge in [-0.25, -0.2) is 14.4 Å². The molecule has 1 aromatic carbocycles. The van der Waals surface area contributed by atoms with Crippen LogP contribution in [0.2, 0.25) is 0 Å². The lowest BCUT2D eigenvalue weighted by Gasteiger charge is -2.10. The highest BCUT2D eigenvalue weighted by Gasteiger charge is 2.16. The lowest BCUT2D eigenvalue weighted by molar-refractivity contribution is 0.102. The van der Waals surface area contributed by atoms with Crippen LogP contribution in [0.4, 0.5) is 4.39 Å². The van der Waals surface area contributed by atoms with E-state index in [2.05, 4.69) is 14.5 Å². The van der Waals surface area contributed by atoms with Crippen molar-refractivity contribution in [2.45, 2.75) is 32.0 Å². The monoisotopic (exact) mass is 369 g/mol. The second-order valence-electron chi connectivity index (χ2n) is 6.06. The lowest BCUT2D eigenvalue weighted by atomic mass is 10.1. The number of carbonyl (C=O) groups excluding carboxylic acids is 1. The Hall–Kier alpha value is -2.47. The van der Waals surface area contributed by atoms with Gasteiger partial charge in [-0.15, -0.1) is 0 Å². The number of aromatic nitrogens is 3. The number of Topliss-reactive ketones (excluding diaryl/α,β-unsaturated/α-hetero) is 1. The zero-order valence-corrected chi connectivity index (χ0v) is 15.6. The first-order valence-electron chi connectivity index (χ1n) is 8.39. The molecule has 3 aromatic rings. The molecule has 2 aromatic heterocycles. The minimum absolute atomic E-state index is 0.0728. The quantitative estimate of drug-likeness (QED) is 0.355. The van der Waals surface area contributed by atoms with Crippen molar-refractivity contribution in [2.75, 3.05) is 5.75 Å². The number of nitrogens with zero attached hydrogens (tertiary/aromatic N) is 3. The number of rotatable bonds is 7. The Morgan fingerprint density at radius 2 is 1.85 bits per heavy atom. The lowest BCUT2D eigenvalue weighted by Crippen LogP contribution is -2.08. The highest BCUT2D eigenvalue weighted by atomic mass is 32.2. The molecule has 6 heteroatoms. The fraction of sp³-hybridized carbons (Fsp3) is 0.250. The number of aryl methyl sites for hydroxylation is 2. The van der Waals surface area contributed by atoms with E-state index in [0.717, 1.165) is 35.5 Å². The summed E-state index contributed by atoms with van der Waals surface area (Å²) in [5.74, 6) is 0.158. The summed E-state index contributed by atoms with van der Waals surface area (Å²) >= 11 is 1.34. The molecule has 0 aliphatic carbocycles. The van der Waals surface area contributed by atoms with E-state index in [1.807, 2.05) is 19.9 Å². The number of carbonyl (C=O) groups is 1. The molecule has 0 bridgehead atoms. The predicted octanol–water partition coefficient (Wildman–Crippen LogP) is 4.25. The molecule has 0 unspecified atom stereocenters. The van der Waals surface area contributed by atoms with Crippen molar-refractivity contribution in [3.63, 3.8) is 0 Å². The van der Waals surface area contributed by atoms with Gasteiger partial charge in [0.15, 0.2) is 10.9 Å². The summed E-state index contributed by atoms with van der Waals surface area (Å²) in [5, 5.41) is 0.603. The molecule has 0 amide bonds. The van der Waals surface area contributed by atoms with E-state index in [1.54, 1.807) is 30.6 Å². The van der Waals surface area contributed by atoms with Crippen LogP contribution in [0.5, 0.6) is 0 Å². The number of ketones is 1. The van der Waals surface area contributed by atoms with Crippen LogP contribution in [0.1, 0.15) is 27.3 Å². The summed E-state index contributed by atoms with van der Waals surface area (Å²) < 4.78 is 15.2. The summed E-state index contributed by atoms with van der Waals surface area (Å²) in [5.41, 5.74) is 3.83. The topological polar surface area (TPSA) is 47.8 Å². The maximum absolute atomic E-state index is 13.0. The molecule has 0 saturated carbocycles. The van der Waals surface area contributed by atoms with Gasteiger partial charge in [0.2, 0.25) is 0 Å². The SMILES string of the molecule is Cc1cc(C(=O)CSc2ncccn2)c(C)n1CCc1ccc(F)cc1. The molecule has 4 nitrogen and oxygen atoms in total. The van der Waals surface area contributed by atoms with E-state index in [9.17, 15) is 9.18 Å². The number of thioether (sulfide) groups is 1. The fourth-order valence-corrected chi connectivity index (χ4v) is 3.57. The zero-order valence-electron chi connectivity index (χ0n) is 14.8.